The second-order valence-electron chi connectivity index (χ2n) is 6.30. The summed E-state index contributed by atoms with van der Waals surface area (Å²) in [4.78, 5) is 25.3. The summed E-state index contributed by atoms with van der Waals surface area (Å²) in [5.74, 6) is 1.30. The molecule has 2 saturated heterocycles. The summed E-state index contributed by atoms with van der Waals surface area (Å²) in [5, 5.41) is 4.05. The van der Waals surface area contributed by atoms with Crippen molar-refractivity contribution >= 4 is 40.9 Å². The van der Waals surface area contributed by atoms with Crippen molar-refractivity contribution in [3.8, 4) is 0 Å². The lowest BCUT2D eigenvalue weighted by atomic mass is 10.2. The first-order chi connectivity index (χ1) is 12.1. The van der Waals surface area contributed by atoms with Crippen LogP contribution >= 0.6 is 23.2 Å². The molecule has 2 aromatic rings. The molecule has 0 radical (unpaired) electrons. The number of nitrogens with one attached hydrogen (secondary N) is 1. The smallest absolute Gasteiger partial charge is 0.323 e. The third kappa shape index (κ3) is 3.24. The van der Waals surface area contributed by atoms with Gasteiger partial charge >= 0.3 is 6.03 Å². The summed E-state index contributed by atoms with van der Waals surface area (Å²) < 4.78 is 0. The number of carbonyl (C=O) groups excluding carboxylic acids is 1. The van der Waals surface area contributed by atoms with Gasteiger partial charge in [-0.25, -0.2) is 14.8 Å². The Labute approximate surface area is 155 Å². The zero-order chi connectivity index (χ0) is 17.4. The van der Waals surface area contributed by atoms with Crippen molar-refractivity contribution < 1.29 is 4.79 Å². The van der Waals surface area contributed by atoms with Crippen molar-refractivity contribution in [2.45, 2.75) is 24.9 Å². The molecular weight excluding hydrogens is 361 g/mol. The van der Waals surface area contributed by atoms with Crippen LogP contribution in [0.2, 0.25) is 10.0 Å². The Balaban J connectivity index is 1.48. The van der Waals surface area contributed by atoms with Gasteiger partial charge in [-0.3, -0.25) is 5.32 Å². The molecule has 0 aromatic carbocycles. The second kappa shape index (κ2) is 6.69. The van der Waals surface area contributed by atoms with E-state index in [9.17, 15) is 4.79 Å². The van der Waals surface area contributed by atoms with Gasteiger partial charge in [-0.05, 0) is 37.1 Å². The van der Waals surface area contributed by atoms with Crippen molar-refractivity contribution in [1.29, 1.82) is 0 Å². The quantitative estimate of drug-likeness (QED) is 0.866. The Kier molecular flexibility index (Phi) is 4.39. The molecule has 2 amide bonds. The molecule has 2 fully saturated rings. The summed E-state index contributed by atoms with van der Waals surface area (Å²) in [6.07, 6.45) is 5.22. The first kappa shape index (κ1) is 16.4. The number of fused-ring (bicyclic) bond motifs is 2. The highest BCUT2D eigenvalue weighted by atomic mass is 35.5. The number of urea groups is 1. The van der Waals surface area contributed by atoms with Crippen molar-refractivity contribution in [1.82, 2.24) is 14.9 Å². The average Bonchev–Trinajstić information content (AvgIpc) is 2.88. The summed E-state index contributed by atoms with van der Waals surface area (Å²) in [6.45, 7) is 1.46. The molecule has 2 unspecified atom stereocenters. The van der Waals surface area contributed by atoms with Crippen LogP contribution in [0.3, 0.4) is 0 Å². The maximum Gasteiger partial charge on any atom is 0.323 e. The van der Waals surface area contributed by atoms with Gasteiger partial charge in [0.05, 0.1) is 22.1 Å². The molecule has 6 nitrogen and oxygen atoms in total. The van der Waals surface area contributed by atoms with Gasteiger partial charge < -0.3 is 9.80 Å². The lowest BCUT2D eigenvalue weighted by molar-refractivity contribution is 0.175. The van der Waals surface area contributed by atoms with E-state index in [0.29, 0.717) is 15.9 Å². The summed E-state index contributed by atoms with van der Waals surface area (Å²) in [6, 6.07) is 7.24. The minimum atomic E-state index is -0.117. The van der Waals surface area contributed by atoms with Gasteiger partial charge in [0.2, 0.25) is 0 Å². The Hall–Kier alpha value is -2.05. The molecule has 1 N–H and O–H groups in total. The lowest BCUT2D eigenvalue weighted by Gasteiger charge is -2.41. The second-order valence-corrected chi connectivity index (χ2v) is 7.14. The van der Waals surface area contributed by atoms with Crippen LogP contribution in [0.4, 0.5) is 16.4 Å². The van der Waals surface area contributed by atoms with Gasteiger partial charge in [-0.1, -0.05) is 23.2 Å². The molecule has 2 bridgehead atoms. The molecular formula is C17H17Cl2N5O. The molecule has 0 aliphatic carbocycles. The minimum Gasteiger partial charge on any atom is -0.351 e. The molecule has 25 heavy (non-hydrogen) atoms. The Morgan fingerprint density at radius 1 is 1.12 bits per heavy atom. The maximum atomic E-state index is 12.7. The van der Waals surface area contributed by atoms with Crippen LogP contribution in [-0.2, 0) is 0 Å². The average molecular weight is 378 g/mol. The van der Waals surface area contributed by atoms with Crippen molar-refractivity contribution in [3.63, 3.8) is 0 Å². The van der Waals surface area contributed by atoms with Gasteiger partial charge in [0, 0.05) is 25.5 Å². The highest BCUT2D eigenvalue weighted by Crippen LogP contribution is 2.34. The zero-order valence-corrected chi connectivity index (χ0v) is 14.9. The third-order valence-electron chi connectivity index (χ3n) is 4.72. The fourth-order valence-electron chi connectivity index (χ4n) is 3.64. The fraction of sp³-hybridized carbons (Fsp3) is 0.353. The van der Waals surface area contributed by atoms with Crippen LogP contribution < -0.4 is 10.2 Å². The molecule has 0 saturated carbocycles. The van der Waals surface area contributed by atoms with Gasteiger partial charge in [0.15, 0.2) is 0 Å². The third-order valence-corrected chi connectivity index (χ3v) is 5.24. The number of hydrogen-bond donors (Lipinski definition) is 1. The number of carbonyl (C=O) groups is 1. The molecule has 2 aliphatic heterocycles. The van der Waals surface area contributed by atoms with Crippen LogP contribution in [-0.4, -0.2) is 46.1 Å². The summed E-state index contributed by atoms with van der Waals surface area (Å²) in [5.41, 5.74) is 0. The number of nitrogens with zero attached hydrogens (tertiary/aromatic N) is 4. The van der Waals surface area contributed by atoms with E-state index in [1.54, 1.807) is 18.3 Å². The first-order valence-corrected chi connectivity index (χ1v) is 8.94. The van der Waals surface area contributed by atoms with Gasteiger partial charge in [0.25, 0.3) is 0 Å². The molecule has 4 heterocycles. The van der Waals surface area contributed by atoms with E-state index in [4.69, 9.17) is 23.2 Å². The largest absolute Gasteiger partial charge is 0.351 e. The number of amides is 2. The van der Waals surface area contributed by atoms with Crippen molar-refractivity contribution in [2.75, 3.05) is 23.3 Å². The molecule has 2 aliphatic rings. The van der Waals surface area contributed by atoms with Crippen LogP contribution in [0, 0.1) is 0 Å². The van der Waals surface area contributed by atoms with Gasteiger partial charge in [0.1, 0.15) is 11.6 Å². The standard InChI is InChI=1S/C17H17Cl2N5O/c18-11-3-6-15(21-8-11)22-17(25)24-12-4-5-13(24)10-23(9-12)16-14(19)2-1-7-20-16/h1-3,6-8,12-13H,4-5,9-10H2,(H,21,22,25). The van der Waals surface area contributed by atoms with Crippen LogP contribution in [0.25, 0.3) is 0 Å². The number of piperazine rings is 1. The van der Waals surface area contributed by atoms with Crippen LogP contribution in [0.15, 0.2) is 36.7 Å². The maximum absolute atomic E-state index is 12.7. The highest BCUT2D eigenvalue weighted by Gasteiger charge is 2.43. The SMILES string of the molecule is O=C(Nc1ccc(Cl)cn1)N1C2CCC1CN(c1ncccc1Cl)C2. The number of rotatable bonds is 2. The molecule has 130 valence electrons. The predicted octanol–water partition coefficient (Wildman–Crippen LogP) is 3.67. The van der Waals surface area contributed by atoms with Crippen molar-refractivity contribution in [2.24, 2.45) is 0 Å². The monoisotopic (exact) mass is 377 g/mol. The van der Waals surface area contributed by atoms with E-state index in [1.807, 2.05) is 17.0 Å². The normalized spacial score (nSPS) is 22.2. The van der Waals surface area contributed by atoms with Gasteiger partial charge in [-0.15, -0.1) is 0 Å². The Morgan fingerprint density at radius 3 is 2.52 bits per heavy atom. The van der Waals surface area contributed by atoms with E-state index in [0.717, 1.165) is 31.7 Å². The van der Waals surface area contributed by atoms with Crippen LogP contribution in [0.5, 0.6) is 0 Å². The topological polar surface area (TPSA) is 61.4 Å². The first-order valence-electron chi connectivity index (χ1n) is 8.18. The summed E-state index contributed by atoms with van der Waals surface area (Å²) >= 11 is 12.1. The van der Waals surface area contributed by atoms with E-state index in [1.165, 1.54) is 6.20 Å². The van der Waals surface area contributed by atoms with E-state index in [2.05, 4.69) is 20.2 Å². The molecule has 2 atom stereocenters. The Bertz CT molecular complexity index is 771. The number of aromatic nitrogens is 2. The van der Waals surface area contributed by atoms with Gasteiger partial charge in [-0.2, -0.15) is 0 Å². The zero-order valence-electron chi connectivity index (χ0n) is 13.4. The number of hydrogen-bond acceptors (Lipinski definition) is 4. The lowest BCUT2D eigenvalue weighted by Crippen LogP contribution is -2.57. The van der Waals surface area contributed by atoms with E-state index in [-0.39, 0.29) is 18.1 Å². The highest BCUT2D eigenvalue weighted by molar-refractivity contribution is 6.33. The summed E-state index contributed by atoms with van der Waals surface area (Å²) in [7, 11) is 0. The predicted molar refractivity (Wildman–Crippen MR) is 98.4 cm³/mol. The molecule has 8 heteroatoms. The minimum absolute atomic E-state index is 0.117. The fourth-order valence-corrected chi connectivity index (χ4v) is 3.99. The number of pyridine rings is 2. The van der Waals surface area contributed by atoms with E-state index < -0.39 is 0 Å². The molecule has 4 rings (SSSR count). The number of anilines is 2. The Morgan fingerprint density at radius 2 is 1.88 bits per heavy atom. The van der Waals surface area contributed by atoms with E-state index >= 15 is 0 Å². The molecule has 2 aromatic heterocycles. The van der Waals surface area contributed by atoms with Crippen molar-refractivity contribution in [3.05, 3.63) is 46.7 Å². The molecule has 0 spiro atoms. The van der Waals surface area contributed by atoms with Crippen LogP contribution in [0.1, 0.15) is 12.8 Å². The number of halogens is 2.